The van der Waals surface area contributed by atoms with E-state index in [-0.39, 0.29) is 18.5 Å². The van der Waals surface area contributed by atoms with Crippen LogP contribution in [0.4, 0.5) is 5.69 Å². The molecule has 8 nitrogen and oxygen atoms in total. The topological polar surface area (TPSA) is 96.0 Å². The van der Waals surface area contributed by atoms with Crippen LogP contribution in [0.2, 0.25) is 5.02 Å². The molecule has 1 N–H and O–H groups in total. The second-order valence-corrected chi connectivity index (χ2v) is 11.7. The monoisotopic (exact) mass is 549 g/mol. The third-order valence-electron chi connectivity index (χ3n) is 6.50. The van der Waals surface area contributed by atoms with E-state index in [0.717, 1.165) is 48.2 Å². The Hall–Kier alpha value is -2.78. The SMILES string of the molecule is CCOc1ccc(N(CC(=O)N(Cc2ccc(Cl)cc2)C(C)C(=O)NC2CCCCC2)S(C)(=O)=O)cc1. The lowest BCUT2D eigenvalue weighted by Gasteiger charge is -2.33. The zero-order chi connectivity index (χ0) is 27.0. The van der Waals surface area contributed by atoms with Crippen LogP contribution in [-0.4, -0.2) is 56.6 Å². The Balaban J connectivity index is 1.84. The highest BCUT2D eigenvalue weighted by Crippen LogP contribution is 2.23. The summed E-state index contributed by atoms with van der Waals surface area (Å²) in [5.41, 5.74) is 1.12. The fourth-order valence-electron chi connectivity index (χ4n) is 4.43. The largest absolute Gasteiger partial charge is 0.494 e. The first-order chi connectivity index (χ1) is 17.6. The van der Waals surface area contributed by atoms with Crippen LogP contribution in [-0.2, 0) is 26.2 Å². The minimum atomic E-state index is -3.79. The number of ether oxygens (including phenoxy) is 1. The highest BCUT2D eigenvalue weighted by molar-refractivity contribution is 7.92. The normalized spacial score (nSPS) is 15.0. The van der Waals surface area contributed by atoms with Gasteiger partial charge in [-0.05, 0) is 68.7 Å². The molecule has 0 spiro atoms. The first kappa shape index (κ1) is 28.8. The van der Waals surface area contributed by atoms with Gasteiger partial charge in [0.25, 0.3) is 0 Å². The Bertz CT molecular complexity index is 1150. The van der Waals surface area contributed by atoms with Crippen LogP contribution in [0.15, 0.2) is 48.5 Å². The molecule has 1 saturated carbocycles. The van der Waals surface area contributed by atoms with Crippen molar-refractivity contribution in [3.63, 3.8) is 0 Å². The Kier molecular flexibility index (Phi) is 10.2. The van der Waals surface area contributed by atoms with Crippen LogP contribution in [0, 0.1) is 0 Å². The molecule has 0 aromatic heterocycles. The number of nitrogens with one attached hydrogen (secondary N) is 1. The number of nitrogens with zero attached hydrogens (tertiary/aromatic N) is 2. The van der Waals surface area contributed by atoms with Gasteiger partial charge >= 0.3 is 0 Å². The molecule has 0 aliphatic heterocycles. The summed E-state index contributed by atoms with van der Waals surface area (Å²) in [4.78, 5) is 28.2. The van der Waals surface area contributed by atoms with Crippen LogP contribution in [0.25, 0.3) is 0 Å². The molecule has 1 fully saturated rings. The average molecular weight is 550 g/mol. The minimum absolute atomic E-state index is 0.0903. The maximum atomic E-state index is 13.6. The number of hydrogen-bond donors (Lipinski definition) is 1. The van der Waals surface area contributed by atoms with Crippen molar-refractivity contribution in [2.24, 2.45) is 0 Å². The first-order valence-corrected chi connectivity index (χ1v) is 14.9. The Morgan fingerprint density at radius 2 is 1.68 bits per heavy atom. The Morgan fingerprint density at radius 1 is 1.05 bits per heavy atom. The van der Waals surface area contributed by atoms with Crippen molar-refractivity contribution in [2.45, 2.75) is 64.6 Å². The van der Waals surface area contributed by atoms with Gasteiger partial charge in [-0.15, -0.1) is 0 Å². The van der Waals surface area contributed by atoms with Crippen molar-refractivity contribution in [3.05, 3.63) is 59.1 Å². The molecule has 0 saturated heterocycles. The van der Waals surface area contributed by atoms with Gasteiger partial charge in [-0.1, -0.05) is 43.0 Å². The summed E-state index contributed by atoms with van der Waals surface area (Å²) in [7, 11) is -3.79. The fourth-order valence-corrected chi connectivity index (χ4v) is 5.40. The fraction of sp³-hybridized carbons (Fsp3) is 0.481. The van der Waals surface area contributed by atoms with Crippen LogP contribution in [0.1, 0.15) is 51.5 Å². The average Bonchev–Trinajstić information content (AvgIpc) is 2.87. The molecule has 0 heterocycles. The summed E-state index contributed by atoms with van der Waals surface area (Å²) in [5.74, 6) is -0.134. The van der Waals surface area contributed by atoms with Gasteiger partial charge in [0.15, 0.2) is 0 Å². The molecule has 10 heteroatoms. The molecule has 1 aliphatic carbocycles. The van der Waals surface area contributed by atoms with Gasteiger partial charge in [0, 0.05) is 17.6 Å². The summed E-state index contributed by atoms with van der Waals surface area (Å²) in [5, 5.41) is 3.64. The van der Waals surface area contributed by atoms with Gasteiger partial charge in [0.05, 0.1) is 18.6 Å². The zero-order valence-electron chi connectivity index (χ0n) is 21.7. The first-order valence-electron chi connectivity index (χ1n) is 12.6. The van der Waals surface area contributed by atoms with E-state index in [4.69, 9.17) is 16.3 Å². The van der Waals surface area contributed by atoms with Crippen molar-refractivity contribution < 1.29 is 22.7 Å². The molecule has 0 radical (unpaired) electrons. The standard InChI is InChI=1S/C27H36ClN3O5S/c1-4-36-25-16-14-24(15-17-25)31(37(3,34)35)19-26(32)30(18-21-10-12-22(28)13-11-21)20(2)27(33)29-23-8-6-5-7-9-23/h10-17,20,23H,4-9,18-19H2,1-3H3,(H,29,33). The number of anilines is 1. The van der Waals surface area contributed by atoms with Crippen molar-refractivity contribution in [1.82, 2.24) is 10.2 Å². The van der Waals surface area contributed by atoms with Crippen LogP contribution in [0.5, 0.6) is 5.75 Å². The van der Waals surface area contributed by atoms with E-state index in [2.05, 4.69) is 5.32 Å². The molecule has 1 aliphatic rings. The molecule has 0 bridgehead atoms. The quantitative estimate of drug-likeness (QED) is 0.449. The van der Waals surface area contributed by atoms with Gasteiger partial charge < -0.3 is 15.0 Å². The summed E-state index contributed by atoms with van der Waals surface area (Å²) in [6.07, 6.45) is 6.19. The van der Waals surface area contributed by atoms with Gasteiger partial charge in [0.2, 0.25) is 21.8 Å². The van der Waals surface area contributed by atoms with Gasteiger partial charge in [-0.25, -0.2) is 8.42 Å². The zero-order valence-corrected chi connectivity index (χ0v) is 23.2. The smallest absolute Gasteiger partial charge is 0.244 e. The number of hydrogen-bond acceptors (Lipinski definition) is 5. The number of amides is 2. The van der Waals surface area contributed by atoms with Crippen molar-refractivity contribution in [3.8, 4) is 5.75 Å². The minimum Gasteiger partial charge on any atom is -0.494 e. The predicted molar refractivity (Wildman–Crippen MR) is 146 cm³/mol. The third-order valence-corrected chi connectivity index (χ3v) is 7.89. The lowest BCUT2D eigenvalue weighted by molar-refractivity contribution is -0.139. The molecular formula is C27H36ClN3O5S. The van der Waals surface area contributed by atoms with E-state index in [1.165, 1.54) is 4.90 Å². The summed E-state index contributed by atoms with van der Waals surface area (Å²) < 4.78 is 31.9. The van der Waals surface area contributed by atoms with Gasteiger partial charge in [-0.3, -0.25) is 13.9 Å². The van der Waals surface area contributed by atoms with Crippen LogP contribution < -0.4 is 14.4 Å². The van der Waals surface area contributed by atoms with Crippen LogP contribution in [0.3, 0.4) is 0 Å². The molecule has 37 heavy (non-hydrogen) atoms. The molecular weight excluding hydrogens is 514 g/mol. The summed E-state index contributed by atoms with van der Waals surface area (Å²) in [6, 6.07) is 12.8. The molecule has 2 amide bonds. The lowest BCUT2D eigenvalue weighted by Crippen LogP contribution is -2.52. The Morgan fingerprint density at radius 3 is 2.24 bits per heavy atom. The predicted octanol–water partition coefficient (Wildman–Crippen LogP) is 4.37. The van der Waals surface area contributed by atoms with Crippen molar-refractivity contribution >= 4 is 39.1 Å². The number of benzene rings is 2. The highest BCUT2D eigenvalue weighted by Gasteiger charge is 2.31. The molecule has 3 rings (SSSR count). The van der Waals surface area contributed by atoms with E-state index in [1.807, 2.05) is 6.92 Å². The van der Waals surface area contributed by atoms with Crippen molar-refractivity contribution in [2.75, 3.05) is 23.7 Å². The third kappa shape index (κ3) is 8.36. The van der Waals surface area contributed by atoms with E-state index in [0.29, 0.717) is 23.1 Å². The number of rotatable bonds is 11. The number of carbonyl (C=O) groups excluding carboxylic acids is 2. The highest BCUT2D eigenvalue weighted by atomic mass is 35.5. The maximum absolute atomic E-state index is 13.6. The number of sulfonamides is 1. The molecule has 2 aromatic carbocycles. The van der Waals surface area contributed by atoms with Crippen molar-refractivity contribution in [1.29, 1.82) is 0 Å². The molecule has 202 valence electrons. The second-order valence-electron chi connectivity index (χ2n) is 9.36. The summed E-state index contributed by atoms with van der Waals surface area (Å²) in [6.45, 7) is 3.70. The van der Waals surface area contributed by atoms with E-state index < -0.39 is 28.5 Å². The van der Waals surface area contributed by atoms with E-state index >= 15 is 0 Å². The number of carbonyl (C=O) groups is 2. The molecule has 2 aromatic rings. The second kappa shape index (κ2) is 13.1. The van der Waals surface area contributed by atoms with Crippen LogP contribution >= 0.6 is 11.6 Å². The molecule has 1 atom stereocenters. The maximum Gasteiger partial charge on any atom is 0.244 e. The molecule has 1 unspecified atom stereocenters. The number of halogens is 1. The van der Waals surface area contributed by atoms with E-state index in [9.17, 15) is 18.0 Å². The van der Waals surface area contributed by atoms with E-state index in [1.54, 1.807) is 55.5 Å². The van der Waals surface area contributed by atoms with Gasteiger partial charge in [0.1, 0.15) is 18.3 Å². The summed E-state index contributed by atoms with van der Waals surface area (Å²) >= 11 is 6.02. The Labute approximate surface area is 225 Å². The lowest BCUT2D eigenvalue weighted by atomic mass is 9.95. The van der Waals surface area contributed by atoms with Gasteiger partial charge in [-0.2, -0.15) is 0 Å².